The van der Waals surface area contributed by atoms with Gasteiger partial charge in [-0.25, -0.2) is 13.4 Å². The van der Waals surface area contributed by atoms with Gasteiger partial charge in [0.2, 0.25) is 0 Å². The van der Waals surface area contributed by atoms with Gasteiger partial charge in [-0.05, 0) is 19.1 Å². The maximum Gasteiger partial charge on any atom is 0.261 e. The quantitative estimate of drug-likeness (QED) is 0.620. The van der Waals surface area contributed by atoms with Crippen molar-refractivity contribution < 1.29 is 12.9 Å². The third-order valence-corrected chi connectivity index (χ3v) is 6.57. The number of nitrogens with zero attached hydrogens (tertiary/aromatic N) is 3. The van der Waals surface area contributed by atoms with Gasteiger partial charge in [0.05, 0.1) is 12.2 Å². The maximum absolute atomic E-state index is 12.6. The van der Waals surface area contributed by atoms with E-state index < -0.39 is 10.0 Å². The van der Waals surface area contributed by atoms with E-state index in [-0.39, 0.29) is 11.6 Å². The fourth-order valence-electron chi connectivity index (χ4n) is 2.07. The van der Waals surface area contributed by atoms with E-state index in [9.17, 15) is 8.42 Å². The smallest absolute Gasteiger partial charge is 0.261 e. The third-order valence-electron chi connectivity index (χ3n) is 3.31. The summed E-state index contributed by atoms with van der Waals surface area (Å²) >= 11 is 4.67. The predicted molar refractivity (Wildman–Crippen MR) is 95.1 cm³/mol. The molecule has 0 saturated carbocycles. The third kappa shape index (κ3) is 3.59. The molecule has 0 fully saturated rings. The minimum atomic E-state index is -3.68. The number of aromatic nitrogens is 2. The Morgan fingerprint density at radius 2 is 2.00 bits per heavy atom. The average molecular weight is 428 g/mol. The average Bonchev–Trinajstić information content (AvgIpc) is 3.17. The standard InChI is InChI=1S/C15H14BrN3O3S2/c1-10-7-13(18-22-10)8-19(2)24(20,21)14-9-23-15(17-14)11-3-5-12(16)6-4-11/h3-7,9H,8H2,1-2H3. The van der Waals surface area contributed by atoms with E-state index in [0.29, 0.717) is 16.5 Å². The van der Waals surface area contributed by atoms with Gasteiger partial charge in [0.15, 0.2) is 5.03 Å². The highest BCUT2D eigenvalue weighted by Gasteiger charge is 2.25. The van der Waals surface area contributed by atoms with E-state index in [1.165, 1.54) is 22.7 Å². The van der Waals surface area contributed by atoms with E-state index in [0.717, 1.165) is 10.0 Å². The van der Waals surface area contributed by atoms with Gasteiger partial charge in [-0.3, -0.25) is 0 Å². The molecule has 0 saturated heterocycles. The summed E-state index contributed by atoms with van der Waals surface area (Å²) in [5.41, 5.74) is 1.43. The first-order chi connectivity index (χ1) is 11.4. The summed E-state index contributed by atoms with van der Waals surface area (Å²) in [5.74, 6) is 0.641. The van der Waals surface area contributed by atoms with Crippen molar-refractivity contribution in [2.45, 2.75) is 18.5 Å². The number of rotatable bonds is 5. The van der Waals surface area contributed by atoms with E-state index in [2.05, 4.69) is 26.1 Å². The highest BCUT2D eigenvalue weighted by atomic mass is 79.9. The topological polar surface area (TPSA) is 76.3 Å². The molecule has 0 aliphatic heterocycles. The highest BCUT2D eigenvalue weighted by Crippen LogP contribution is 2.28. The minimum Gasteiger partial charge on any atom is -0.361 e. The normalized spacial score (nSPS) is 12.0. The molecule has 1 aromatic carbocycles. The summed E-state index contributed by atoms with van der Waals surface area (Å²) in [5, 5.41) is 6.07. The Labute approximate surface area is 152 Å². The second-order valence-electron chi connectivity index (χ2n) is 5.19. The molecule has 0 bridgehead atoms. The van der Waals surface area contributed by atoms with Crippen LogP contribution in [0.4, 0.5) is 0 Å². The molecule has 0 aliphatic rings. The van der Waals surface area contributed by atoms with Crippen LogP contribution in [0.5, 0.6) is 0 Å². The Kier molecular flexibility index (Phi) is 4.86. The second-order valence-corrected chi connectivity index (χ2v) is 8.95. The number of aryl methyl sites for hydroxylation is 1. The second kappa shape index (κ2) is 6.75. The van der Waals surface area contributed by atoms with Crippen LogP contribution in [0.3, 0.4) is 0 Å². The van der Waals surface area contributed by atoms with E-state index >= 15 is 0 Å². The molecule has 126 valence electrons. The molecule has 6 nitrogen and oxygen atoms in total. The van der Waals surface area contributed by atoms with Crippen LogP contribution >= 0.6 is 27.3 Å². The Balaban J connectivity index is 1.83. The van der Waals surface area contributed by atoms with Crippen molar-refractivity contribution in [3.8, 4) is 10.6 Å². The molecule has 0 atom stereocenters. The van der Waals surface area contributed by atoms with Crippen molar-refractivity contribution in [1.82, 2.24) is 14.4 Å². The number of halogens is 1. The molecule has 0 N–H and O–H groups in total. The first-order valence-electron chi connectivity index (χ1n) is 6.96. The van der Waals surface area contributed by atoms with Gasteiger partial charge in [0.25, 0.3) is 10.0 Å². The zero-order chi connectivity index (χ0) is 17.3. The lowest BCUT2D eigenvalue weighted by Gasteiger charge is -2.13. The number of hydrogen-bond acceptors (Lipinski definition) is 6. The van der Waals surface area contributed by atoms with Crippen molar-refractivity contribution in [3.63, 3.8) is 0 Å². The SMILES string of the molecule is Cc1cc(CN(C)S(=O)(=O)c2csc(-c3ccc(Br)cc3)n2)no1. The monoisotopic (exact) mass is 427 g/mol. The van der Waals surface area contributed by atoms with Gasteiger partial charge in [0.1, 0.15) is 10.8 Å². The molecular weight excluding hydrogens is 414 g/mol. The first-order valence-corrected chi connectivity index (χ1v) is 10.1. The van der Waals surface area contributed by atoms with E-state index in [1.54, 1.807) is 18.4 Å². The molecule has 9 heteroatoms. The van der Waals surface area contributed by atoms with E-state index in [1.807, 2.05) is 24.3 Å². The molecule has 0 unspecified atom stereocenters. The largest absolute Gasteiger partial charge is 0.361 e. The van der Waals surface area contributed by atoms with Crippen LogP contribution in [0.1, 0.15) is 11.5 Å². The van der Waals surface area contributed by atoms with Crippen LogP contribution in [-0.4, -0.2) is 29.9 Å². The number of hydrogen-bond donors (Lipinski definition) is 0. The van der Waals surface area contributed by atoms with Crippen molar-refractivity contribution in [2.24, 2.45) is 0 Å². The highest BCUT2D eigenvalue weighted by molar-refractivity contribution is 9.10. The molecule has 0 aliphatic carbocycles. The number of benzene rings is 1. The number of sulfonamides is 1. The Hall–Kier alpha value is -1.55. The molecule has 24 heavy (non-hydrogen) atoms. The van der Waals surface area contributed by atoms with Crippen LogP contribution < -0.4 is 0 Å². The van der Waals surface area contributed by atoms with Crippen LogP contribution in [0.15, 0.2) is 49.7 Å². The molecule has 3 rings (SSSR count). The zero-order valence-corrected chi connectivity index (χ0v) is 16.2. The van der Waals surface area contributed by atoms with Crippen LogP contribution in [-0.2, 0) is 16.6 Å². The summed E-state index contributed by atoms with van der Waals surface area (Å²) in [7, 11) is -2.18. The van der Waals surface area contributed by atoms with E-state index in [4.69, 9.17) is 4.52 Å². The fourth-order valence-corrected chi connectivity index (χ4v) is 4.54. The molecule has 3 aromatic rings. The molecule has 2 heterocycles. The zero-order valence-electron chi connectivity index (χ0n) is 12.9. The van der Waals surface area contributed by atoms with Crippen molar-refractivity contribution in [2.75, 3.05) is 7.05 Å². The lowest BCUT2D eigenvalue weighted by atomic mass is 10.2. The molecular formula is C15H14BrN3O3S2. The lowest BCUT2D eigenvalue weighted by molar-refractivity contribution is 0.378. The Bertz CT molecular complexity index is 949. The molecule has 0 amide bonds. The molecule has 0 radical (unpaired) electrons. The summed E-state index contributed by atoms with van der Waals surface area (Å²) in [6, 6.07) is 9.27. The van der Waals surface area contributed by atoms with Gasteiger partial charge in [0, 0.05) is 28.5 Å². The Morgan fingerprint density at radius 1 is 1.29 bits per heavy atom. The number of thiazole rings is 1. The molecule has 2 aromatic heterocycles. The van der Waals surface area contributed by atoms with Crippen LogP contribution in [0, 0.1) is 6.92 Å². The van der Waals surface area contributed by atoms with Gasteiger partial charge < -0.3 is 4.52 Å². The van der Waals surface area contributed by atoms with Crippen molar-refractivity contribution in [3.05, 3.63) is 51.6 Å². The van der Waals surface area contributed by atoms with Crippen molar-refractivity contribution in [1.29, 1.82) is 0 Å². The summed E-state index contributed by atoms with van der Waals surface area (Å²) in [4.78, 5) is 4.28. The summed E-state index contributed by atoms with van der Waals surface area (Å²) in [6.45, 7) is 1.89. The summed E-state index contributed by atoms with van der Waals surface area (Å²) < 4.78 is 32.4. The lowest BCUT2D eigenvalue weighted by Crippen LogP contribution is -2.26. The van der Waals surface area contributed by atoms with Gasteiger partial charge >= 0.3 is 0 Å². The first kappa shape index (κ1) is 17.3. The predicted octanol–water partition coefficient (Wildman–Crippen LogP) is 3.69. The van der Waals surface area contributed by atoms with Crippen LogP contribution in [0.2, 0.25) is 0 Å². The minimum absolute atomic E-state index is 0.0353. The van der Waals surface area contributed by atoms with Crippen molar-refractivity contribution >= 4 is 37.3 Å². The Morgan fingerprint density at radius 3 is 2.62 bits per heavy atom. The molecule has 0 spiro atoms. The fraction of sp³-hybridized carbons (Fsp3) is 0.200. The maximum atomic E-state index is 12.6. The van der Waals surface area contributed by atoms with Gasteiger partial charge in [-0.15, -0.1) is 11.3 Å². The van der Waals surface area contributed by atoms with Crippen LogP contribution in [0.25, 0.3) is 10.6 Å². The van der Waals surface area contributed by atoms with Gasteiger partial charge in [-0.2, -0.15) is 4.31 Å². The summed E-state index contributed by atoms with van der Waals surface area (Å²) in [6.07, 6.45) is 0. The van der Waals surface area contributed by atoms with Gasteiger partial charge in [-0.1, -0.05) is 33.2 Å².